The van der Waals surface area contributed by atoms with Crippen LogP contribution >= 0.6 is 15.9 Å². The minimum Gasteiger partial charge on any atom is -0.306 e. The molecule has 1 unspecified atom stereocenters. The molecular weight excluding hydrogens is 317 g/mol. The molecule has 0 radical (unpaired) electrons. The molecule has 2 aromatic carbocycles. The maximum Gasteiger partial charge on any atom is 0.123 e. The highest BCUT2D eigenvalue weighted by molar-refractivity contribution is 9.10. The minimum absolute atomic E-state index is 0.170. The molecule has 0 bridgehead atoms. The number of hydrogen-bond donors (Lipinski definition) is 1. The van der Waals surface area contributed by atoms with Crippen molar-refractivity contribution < 1.29 is 4.39 Å². The zero-order valence-electron chi connectivity index (χ0n) is 11.2. The molecule has 0 spiro atoms. The van der Waals surface area contributed by atoms with Crippen molar-refractivity contribution in [2.45, 2.75) is 25.4 Å². The number of rotatable bonds is 5. The van der Waals surface area contributed by atoms with Gasteiger partial charge in [0, 0.05) is 17.1 Å². The summed E-state index contributed by atoms with van der Waals surface area (Å²) in [6.45, 7) is 0.839. The van der Waals surface area contributed by atoms with Crippen LogP contribution in [0.5, 0.6) is 0 Å². The van der Waals surface area contributed by atoms with E-state index in [4.69, 9.17) is 0 Å². The maximum absolute atomic E-state index is 13.0. The largest absolute Gasteiger partial charge is 0.306 e. The lowest BCUT2D eigenvalue weighted by atomic mass is 10.0. The minimum atomic E-state index is -0.170. The first-order chi connectivity index (χ1) is 9.72. The Kier molecular flexibility index (Phi) is 4.18. The maximum atomic E-state index is 13.0. The van der Waals surface area contributed by atoms with Gasteiger partial charge in [-0.3, -0.25) is 0 Å². The van der Waals surface area contributed by atoms with E-state index in [0.717, 1.165) is 11.0 Å². The van der Waals surface area contributed by atoms with Gasteiger partial charge in [0.05, 0.1) is 0 Å². The second kappa shape index (κ2) is 6.06. The predicted octanol–water partition coefficient (Wildman–Crippen LogP) is 4.83. The molecule has 1 N–H and O–H groups in total. The van der Waals surface area contributed by atoms with Gasteiger partial charge in [0.1, 0.15) is 5.82 Å². The molecule has 0 aliphatic heterocycles. The summed E-state index contributed by atoms with van der Waals surface area (Å²) >= 11 is 3.45. The first-order valence-electron chi connectivity index (χ1n) is 6.95. The third kappa shape index (κ3) is 3.47. The van der Waals surface area contributed by atoms with Crippen molar-refractivity contribution in [3.05, 3.63) is 69.9 Å². The van der Waals surface area contributed by atoms with E-state index in [-0.39, 0.29) is 5.82 Å². The third-order valence-electron chi connectivity index (χ3n) is 3.76. The van der Waals surface area contributed by atoms with E-state index in [1.807, 2.05) is 12.1 Å². The van der Waals surface area contributed by atoms with Crippen LogP contribution in [0.2, 0.25) is 0 Å². The molecule has 0 saturated heterocycles. The summed E-state index contributed by atoms with van der Waals surface area (Å²) in [5.74, 6) is 0.520. The van der Waals surface area contributed by atoms with E-state index in [9.17, 15) is 4.39 Å². The quantitative estimate of drug-likeness (QED) is 0.826. The highest BCUT2D eigenvalue weighted by Crippen LogP contribution is 2.41. The number of halogens is 2. The zero-order chi connectivity index (χ0) is 13.9. The standard InChI is InChI=1S/C17H17BrFN/c18-15-7-1-12(2-8-15)11-20-17(13-3-4-13)14-5-9-16(19)10-6-14/h1-2,5-10,13,17,20H,3-4,11H2. The van der Waals surface area contributed by atoms with Gasteiger partial charge in [0.2, 0.25) is 0 Å². The predicted molar refractivity (Wildman–Crippen MR) is 82.8 cm³/mol. The highest BCUT2D eigenvalue weighted by Gasteiger charge is 2.31. The summed E-state index contributed by atoms with van der Waals surface area (Å²) in [5.41, 5.74) is 2.45. The molecule has 0 amide bonds. The summed E-state index contributed by atoms with van der Waals surface area (Å²) < 4.78 is 14.1. The Morgan fingerprint density at radius 2 is 1.70 bits per heavy atom. The van der Waals surface area contributed by atoms with Crippen molar-refractivity contribution in [1.82, 2.24) is 5.32 Å². The molecule has 20 heavy (non-hydrogen) atoms. The lowest BCUT2D eigenvalue weighted by Gasteiger charge is -2.19. The fourth-order valence-electron chi connectivity index (χ4n) is 2.49. The Balaban J connectivity index is 1.68. The molecule has 104 valence electrons. The van der Waals surface area contributed by atoms with Gasteiger partial charge in [-0.2, -0.15) is 0 Å². The second-order valence-corrected chi connectivity index (χ2v) is 6.29. The van der Waals surface area contributed by atoms with E-state index >= 15 is 0 Å². The molecule has 1 fully saturated rings. The fraction of sp³-hybridized carbons (Fsp3) is 0.294. The van der Waals surface area contributed by atoms with Gasteiger partial charge in [-0.05, 0) is 54.2 Å². The van der Waals surface area contributed by atoms with E-state index < -0.39 is 0 Å². The van der Waals surface area contributed by atoms with Crippen LogP contribution in [0.15, 0.2) is 53.0 Å². The molecule has 0 heterocycles. The van der Waals surface area contributed by atoms with Crippen molar-refractivity contribution in [2.24, 2.45) is 5.92 Å². The van der Waals surface area contributed by atoms with E-state index in [1.165, 1.54) is 24.0 Å². The van der Waals surface area contributed by atoms with Gasteiger partial charge in [-0.1, -0.05) is 40.2 Å². The lowest BCUT2D eigenvalue weighted by molar-refractivity contribution is 0.479. The SMILES string of the molecule is Fc1ccc(C(NCc2ccc(Br)cc2)C2CC2)cc1. The van der Waals surface area contributed by atoms with Crippen LogP contribution in [0.4, 0.5) is 4.39 Å². The van der Waals surface area contributed by atoms with Crippen LogP contribution in [0.1, 0.15) is 30.0 Å². The topological polar surface area (TPSA) is 12.0 Å². The average Bonchev–Trinajstić information content (AvgIpc) is 3.28. The summed E-state index contributed by atoms with van der Waals surface area (Å²) in [7, 11) is 0. The molecule has 2 aromatic rings. The van der Waals surface area contributed by atoms with E-state index in [1.54, 1.807) is 12.1 Å². The first-order valence-corrected chi connectivity index (χ1v) is 7.75. The van der Waals surface area contributed by atoms with Gasteiger partial charge in [-0.15, -0.1) is 0 Å². The number of hydrogen-bond acceptors (Lipinski definition) is 1. The van der Waals surface area contributed by atoms with Crippen molar-refractivity contribution in [3.8, 4) is 0 Å². The Labute approximate surface area is 127 Å². The van der Waals surface area contributed by atoms with Gasteiger partial charge in [0.15, 0.2) is 0 Å². The normalized spacial score (nSPS) is 16.1. The zero-order valence-corrected chi connectivity index (χ0v) is 12.7. The Bertz CT molecular complexity index is 561. The van der Waals surface area contributed by atoms with Crippen molar-refractivity contribution in [1.29, 1.82) is 0 Å². The smallest absolute Gasteiger partial charge is 0.123 e. The van der Waals surface area contributed by atoms with Gasteiger partial charge in [0.25, 0.3) is 0 Å². The number of nitrogens with one attached hydrogen (secondary N) is 1. The van der Waals surface area contributed by atoms with Crippen molar-refractivity contribution >= 4 is 15.9 Å². The molecule has 1 aliphatic carbocycles. The average molecular weight is 334 g/mol. The van der Waals surface area contributed by atoms with E-state index in [2.05, 4.69) is 45.5 Å². The summed E-state index contributed by atoms with van der Waals surface area (Å²) in [4.78, 5) is 0. The van der Waals surface area contributed by atoms with E-state index in [0.29, 0.717) is 12.0 Å². The van der Waals surface area contributed by atoms with Crippen LogP contribution in [-0.2, 0) is 6.54 Å². The highest BCUT2D eigenvalue weighted by atomic mass is 79.9. The van der Waals surface area contributed by atoms with Gasteiger partial charge in [-0.25, -0.2) is 4.39 Å². The summed E-state index contributed by atoms with van der Waals surface area (Å²) in [6, 6.07) is 15.6. The second-order valence-electron chi connectivity index (χ2n) is 5.37. The molecule has 0 aromatic heterocycles. The molecule has 1 aliphatic rings. The fourth-order valence-corrected chi connectivity index (χ4v) is 2.75. The molecular formula is C17H17BrFN. The Morgan fingerprint density at radius 1 is 1.05 bits per heavy atom. The Hall–Kier alpha value is -1.19. The van der Waals surface area contributed by atoms with Crippen LogP contribution in [0, 0.1) is 11.7 Å². The number of benzene rings is 2. The molecule has 1 atom stereocenters. The van der Waals surface area contributed by atoms with Crippen molar-refractivity contribution in [2.75, 3.05) is 0 Å². The van der Waals surface area contributed by atoms with Crippen LogP contribution in [0.3, 0.4) is 0 Å². The Morgan fingerprint density at radius 3 is 2.30 bits per heavy atom. The van der Waals surface area contributed by atoms with Gasteiger partial charge < -0.3 is 5.32 Å². The first kappa shape index (κ1) is 13.8. The lowest BCUT2D eigenvalue weighted by Crippen LogP contribution is -2.22. The van der Waals surface area contributed by atoms with Crippen LogP contribution in [-0.4, -0.2) is 0 Å². The van der Waals surface area contributed by atoms with Gasteiger partial charge >= 0.3 is 0 Å². The third-order valence-corrected chi connectivity index (χ3v) is 4.29. The molecule has 3 rings (SSSR count). The van der Waals surface area contributed by atoms with Crippen LogP contribution in [0.25, 0.3) is 0 Å². The molecule has 1 saturated carbocycles. The summed E-state index contributed by atoms with van der Waals surface area (Å²) in [6.07, 6.45) is 2.52. The molecule has 3 heteroatoms. The monoisotopic (exact) mass is 333 g/mol. The van der Waals surface area contributed by atoms with Crippen LogP contribution < -0.4 is 5.32 Å². The molecule has 1 nitrogen and oxygen atoms in total. The van der Waals surface area contributed by atoms with Crippen molar-refractivity contribution in [3.63, 3.8) is 0 Å². The summed E-state index contributed by atoms with van der Waals surface area (Å²) in [5, 5.41) is 3.62.